The van der Waals surface area contributed by atoms with Gasteiger partial charge in [-0.25, -0.2) is 0 Å². The summed E-state index contributed by atoms with van der Waals surface area (Å²) in [7, 11) is 0. The fraction of sp³-hybridized carbons (Fsp3) is 0.966. The van der Waals surface area contributed by atoms with E-state index in [9.17, 15) is 4.79 Å². The van der Waals surface area contributed by atoms with Gasteiger partial charge in [-0.2, -0.15) is 0 Å². The molecule has 31 heavy (non-hydrogen) atoms. The molecule has 3 atom stereocenters. The lowest BCUT2D eigenvalue weighted by molar-refractivity contribution is -0.142. The Kier molecular flexibility index (Phi) is 10.7. The van der Waals surface area contributed by atoms with Gasteiger partial charge in [0.1, 0.15) is 0 Å². The molecule has 2 nitrogen and oxygen atoms in total. The van der Waals surface area contributed by atoms with Crippen LogP contribution in [0.1, 0.15) is 130 Å². The van der Waals surface area contributed by atoms with E-state index in [2.05, 4.69) is 13.8 Å². The second-order valence-corrected chi connectivity index (χ2v) is 11.8. The second kappa shape index (κ2) is 13.2. The zero-order valence-electron chi connectivity index (χ0n) is 21.1. The van der Waals surface area contributed by atoms with Crippen molar-refractivity contribution in [2.45, 2.75) is 130 Å². The Balaban J connectivity index is 1.60. The summed E-state index contributed by atoms with van der Waals surface area (Å²) in [5.41, 5.74) is 0. The molecule has 0 aromatic carbocycles. The van der Waals surface area contributed by atoms with Crippen molar-refractivity contribution >= 4 is 5.97 Å². The molecule has 0 heterocycles. The number of ether oxygens (including phenoxy) is 1. The summed E-state index contributed by atoms with van der Waals surface area (Å²) in [5.74, 6) is 6.21. The fourth-order valence-electron chi connectivity index (χ4n) is 7.60. The van der Waals surface area contributed by atoms with Gasteiger partial charge < -0.3 is 4.74 Å². The molecule has 3 aliphatic rings. The van der Waals surface area contributed by atoms with E-state index in [4.69, 9.17) is 4.74 Å². The van der Waals surface area contributed by atoms with Crippen LogP contribution in [-0.2, 0) is 9.53 Å². The molecule has 0 aliphatic heterocycles. The van der Waals surface area contributed by atoms with Crippen LogP contribution in [0, 0.1) is 41.4 Å². The van der Waals surface area contributed by atoms with Crippen LogP contribution < -0.4 is 0 Å². The molecule has 3 fully saturated rings. The van der Waals surface area contributed by atoms with E-state index in [0.29, 0.717) is 12.5 Å². The second-order valence-electron chi connectivity index (χ2n) is 11.8. The van der Waals surface area contributed by atoms with E-state index >= 15 is 0 Å². The van der Waals surface area contributed by atoms with Crippen molar-refractivity contribution in [3.8, 4) is 0 Å². The first-order chi connectivity index (χ1) is 15.1. The number of carbonyl (C=O) groups is 1. The number of rotatable bonds is 10. The van der Waals surface area contributed by atoms with E-state index in [1.54, 1.807) is 6.92 Å². The molecule has 0 spiro atoms. The summed E-state index contributed by atoms with van der Waals surface area (Å²) in [5, 5.41) is 0. The van der Waals surface area contributed by atoms with Gasteiger partial charge in [0.15, 0.2) is 0 Å². The lowest BCUT2D eigenvalue weighted by Crippen LogP contribution is -2.30. The highest BCUT2D eigenvalue weighted by Gasteiger charge is 2.34. The highest BCUT2D eigenvalue weighted by atomic mass is 16.5. The Labute approximate surface area is 193 Å². The standard InChI is InChI=1S/C29H52O2/c1-4-25(27-13-9-6-10-14-27)20-29(19-22(2)26-11-7-5-8-12-26)28-17-15-24(16-18-28)21-31-23(3)30/h22,24-29H,4-21H2,1-3H3. The Morgan fingerprint density at radius 2 is 1.29 bits per heavy atom. The SMILES string of the molecule is CCC(CC(CC(C)C1CCCCC1)C1CCC(COC(C)=O)CC1)C1CCCCC1. The average molecular weight is 433 g/mol. The van der Waals surface area contributed by atoms with E-state index in [0.717, 1.165) is 35.5 Å². The number of esters is 1. The Bertz CT molecular complexity index is 495. The van der Waals surface area contributed by atoms with Gasteiger partial charge in [-0.3, -0.25) is 4.79 Å². The molecule has 0 amide bonds. The minimum atomic E-state index is -0.112. The van der Waals surface area contributed by atoms with Gasteiger partial charge in [0, 0.05) is 6.92 Å². The minimum Gasteiger partial charge on any atom is -0.466 e. The molecule has 180 valence electrons. The first-order valence-electron chi connectivity index (χ1n) is 14.2. The van der Waals surface area contributed by atoms with Crippen LogP contribution in [0.3, 0.4) is 0 Å². The zero-order chi connectivity index (χ0) is 22.1. The first kappa shape index (κ1) is 25.1. The summed E-state index contributed by atoms with van der Waals surface area (Å²) < 4.78 is 5.34. The highest BCUT2D eigenvalue weighted by molar-refractivity contribution is 5.65. The number of carbonyl (C=O) groups excluding carboxylic acids is 1. The van der Waals surface area contributed by atoms with Gasteiger partial charge in [-0.05, 0) is 80.0 Å². The zero-order valence-corrected chi connectivity index (χ0v) is 21.1. The molecule has 3 rings (SSSR count). The summed E-state index contributed by atoms with van der Waals surface area (Å²) in [6, 6.07) is 0. The molecule has 0 aromatic rings. The lowest BCUT2D eigenvalue weighted by Gasteiger charge is -2.40. The Morgan fingerprint density at radius 3 is 1.84 bits per heavy atom. The van der Waals surface area contributed by atoms with Crippen molar-refractivity contribution in [2.75, 3.05) is 6.61 Å². The third kappa shape index (κ3) is 8.08. The lowest BCUT2D eigenvalue weighted by atomic mass is 9.66. The summed E-state index contributed by atoms with van der Waals surface area (Å²) in [4.78, 5) is 11.2. The van der Waals surface area contributed by atoms with Crippen LogP contribution in [0.4, 0.5) is 0 Å². The summed E-state index contributed by atoms with van der Waals surface area (Å²) in [6.07, 6.45) is 24.5. The molecule has 0 N–H and O–H groups in total. The maximum Gasteiger partial charge on any atom is 0.302 e. The Morgan fingerprint density at radius 1 is 0.742 bits per heavy atom. The van der Waals surface area contributed by atoms with E-state index in [1.807, 2.05) is 0 Å². The van der Waals surface area contributed by atoms with Crippen molar-refractivity contribution in [3.05, 3.63) is 0 Å². The predicted molar refractivity (Wildman–Crippen MR) is 131 cm³/mol. The molecular formula is C29H52O2. The quantitative estimate of drug-likeness (QED) is 0.323. The normalized spacial score (nSPS) is 29.3. The molecule has 3 aliphatic carbocycles. The topological polar surface area (TPSA) is 26.3 Å². The van der Waals surface area contributed by atoms with Crippen molar-refractivity contribution < 1.29 is 9.53 Å². The van der Waals surface area contributed by atoms with Crippen LogP contribution in [0.25, 0.3) is 0 Å². The van der Waals surface area contributed by atoms with Crippen LogP contribution >= 0.6 is 0 Å². The van der Waals surface area contributed by atoms with Crippen molar-refractivity contribution in [2.24, 2.45) is 41.4 Å². The van der Waals surface area contributed by atoms with Gasteiger partial charge >= 0.3 is 5.97 Å². The van der Waals surface area contributed by atoms with Crippen LogP contribution in [-0.4, -0.2) is 12.6 Å². The van der Waals surface area contributed by atoms with Gasteiger partial charge in [0.05, 0.1) is 6.61 Å². The maximum absolute atomic E-state index is 11.2. The largest absolute Gasteiger partial charge is 0.466 e. The molecule has 0 aromatic heterocycles. The van der Waals surface area contributed by atoms with E-state index in [-0.39, 0.29) is 5.97 Å². The van der Waals surface area contributed by atoms with Crippen molar-refractivity contribution in [1.82, 2.24) is 0 Å². The Hall–Kier alpha value is -0.530. The van der Waals surface area contributed by atoms with E-state index in [1.165, 1.54) is 109 Å². The van der Waals surface area contributed by atoms with Gasteiger partial charge in [0.25, 0.3) is 0 Å². The molecule has 3 saturated carbocycles. The minimum absolute atomic E-state index is 0.112. The van der Waals surface area contributed by atoms with Crippen LogP contribution in [0.5, 0.6) is 0 Å². The fourth-order valence-corrected chi connectivity index (χ4v) is 7.60. The summed E-state index contributed by atoms with van der Waals surface area (Å²) in [6.45, 7) is 7.27. The van der Waals surface area contributed by atoms with Crippen LogP contribution in [0.2, 0.25) is 0 Å². The predicted octanol–water partition coefficient (Wildman–Crippen LogP) is 8.58. The molecule has 2 heteroatoms. The number of hydrogen-bond donors (Lipinski definition) is 0. The maximum atomic E-state index is 11.2. The molecule has 0 saturated heterocycles. The molecule has 0 radical (unpaired) electrons. The average Bonchev–Trinajstić information content (AvgIpc) is 2.81. The van der Waals surface area contributed by atoms with Gasteiger partial charge in [0.2, 0.25) is 0 Å². The molecule has 3 unspecified atom stereocenters. The van der Waals surface area contributed by atoms with Crippen molar-refractivity contribution in [3.63, 3.8) is 0 Å². The van der Waals surface area contributed by atoms with Gasteiger partial charge in [-0.1, -0.05) is 84.5 Å². The van der Waals surface area contributed by atoms with Crippen LogP contribution in [0.15, 0.2) is 0 Å². The monoisotopic (exact) mass is 432 g/mol. The highest BCUT2D eigenvalue weighted by Crippen LogP contribution is 2.44. The number of hydrogen-bond acceptors (Lipinski definition) is 2. The van der Waals surface area contributed by atoms with Crippen molar-refractivity contribution in [1.29, 1.82) is 0 Å². The molecule has 0 bridgehead atoms. The smallest absolute Gasteiger partial charge is 0.302 e. The third-order valence-corrected chi connectivity index (χ3v) is 9.66. The molecular weight excluding hydrogens is 380 g/mol. The van der Waals surface area contributed by atoms with Gasteiger partial charge in [-0.15, -0.1) is 0 Å². The van der Waals surface area contributed by atoms with E-state index < -0.39 is 0 Å². The summed E-state index contributed by atoms with van der Waals surface area (Å²) >= 11 is 0. The third-order valence-electron chi connectivity index (χ3n) is 9.66. The first-order valence-corrected chi connectivity index (χ1v) is 14.2.